The van der Waals surface area contributed by atoms with Gasteiger partial charge in [-0.3, -0.25) is 9.93 Å². The summed E-state index contributed by atoms with van der Waals surface area (Å²) in [5.74, 6) is -1.31. The summed E-state index contributed by atoms with van der Waals surface area (Å²) >= 11 is 1.40. The summed E-state index contributed by atoms with van der Waals surface area (Å²) in [7, 11) is 0. The minimum absolute atomic E-state index is 0.206. The largest absolute Gasteiger partial charge is 0.345 e. The molecule has 0 bridgehead atoms. The van der Waals surface area contributed by atoms with Gasteiger partial charge < -0.3 is 4.98 Å². The Morgan fingerprint density at radius 2 is 2.24 bits per heavy atom. The first kappa shape index (κ1) is 19.1. The van der Waals surface area contributed by atoms with E-state index < -0.39 is 23.0 Å². The molecule has 2 aromatic rings. The monoisotopic (exact) mass is 363 g/mol. The summed E-state index contributed by atoms with van der Waals surface area (Å²) in [6, 6.07) is 3.34. The van der Waals surface area contributed by atoms with Gasteiger partial charge in [-0.1, -0.05) is 24.9 Å². The third-order valence-corrected chi connectivity index (χ3v) is 4.06. The minimum Gasteiger partial charge on any atom is -0.345 e. The molecule has 3 rings (SSSR count). The predicted octanol–water partition coefficient (Wildman–Crippen LogP) is 4.79. The summed E-state index contributed by atoms with van der Waals surface area (Å²) in [6.07, 6.45) is 8.19. The fourth-order valence-electron chi connectivity index (χ4n) is 2.26. The maximum Gasteiger partial charge on any atom is 0.201 e. The van der Waals surface area contributed by atoms with Crippen molar-refractivity contribution in [2.75, 3.05) is 5.75 Å². The number of nitrogens with zero attached hydrogens (tertiary/aromatic N) is 1. The Morgan fingerprint density at radius 3 is 2.92 bits per heavy atom. The number of Topliss-reactive ketones (excluding diaryl/α,β-unsaturated/α-hetero) is 1. The number of hydrogen-bond donors (Lipinski definition) is 2. The molecule has 0 fully saturated rings. The van der Waals surface area contributed by atoms with Crippen LogP contribution < -0.4 is 5.14 Å². The zero-order valence-corrected chi connectivity index (χ0v) is 14.6. The van der Waals surface area contributed by atoms with Crippen LogP contribution >= 0.6 is 11.9 Å². The van der Waals surface area contributed by atoms with E-state index in [4.69, 9.17) is 5.14 Å². The number of nitrogens with one attached hydrogen (secondary N) is 1. The lowest BCUT2D eigenvalue weighted by Gasteiger charge is -2.03. The first-order valence-corrected chi connectivity index (χ1v) is 8.85. The van der Waals surface area contributed by atoms with Crippen molar-refractivity contribution in [2.24, 2.45) is 5.14 Å². The van der Waals surface area contributed by atoms with Gasteiger partial charge in [-0.25, -0.2) is 13.8 Å². The van der Waals surface area contributed by atoms with Gasteiger partial charge in [0.2, 0.25) is 5.78 Å². The summed E-state index contributed by atoms with van der Waals surface area (Å²) in [5.41, 5.74) is 0.172. The number of allylic oxidation sites excluding steroid dienone is 6. The van der Waals surface area contributed by atoms with Gasteiger partial charge >= 0.3 is 0 Å². The molecule has 0 amide bonds. The lowest BCUT2D eigenvalue weighted by molar-refractivity contribution is 0.103. The normalized spacial score (nSPS) is 14.0. The van der Waals surface area contributed by atoms with Crippen molar-refractivity contribution in [3.05, 3.63) is 65.5 Å². The number of pyridine rings is 1. The van der Waals surface area contributed by atoms with E-state index in [2.05, 4.69) is 16.9 Å². The number of fused-ring (bicyclic) bond motifs is 1. The minimum atomic E-state index is -0.862. The molecule has 1 aliphatic carbocycles. The molecule has 0 aromatic carbocycles. The van der Waals surface area contributed by atoms with E-state index in [1.54, 1.807) is 18.3 Å². The average molecular weight is 363 g/mol. The van der Waals surface area contributed by atoms with Crippen molar-refractivity contribution >= 4 is 28.8 Å². The van der Waals surface area contributed by atoms with E-state index in [-0.39, 0.29) is 12.0 Å². The molecule has 2 heterocycles. The van der Waals surface area contributed by atoms with Gasteiger partial charge in [0.15, 0.2) is 0 Å². The molecule has 0 spiro atoms. The highest BCUT2D eigenvalue weighted by Gasteiger charge is 2.24. The average Bonchev–Trinajstić information content (AvgIpc) is 2.96. The lowest BCUT2D eigenvalue weighted by Crippen LogP contribution is -2.05. The van der Waals surface area contributed by atoms with Gasteiger partial charge in [0.05, 0.1) is 5.57 Å². The van der Waals surface area contributed by atoms with Crippen LogP contribution in [-0.2, 0) is 0 Å². The summed E-state index contributed by atoms with van der Waals surface area (Å²) in [6.45, 7) is 2.11. The van der Waals surface area contributed by atoms with Crippen LogP contribution in [0.1, 0.15) is 30.1 Å². The zero-order valence-electron chi connectivity index (χ0n) is 13.8. The predicted molar refractivity (Wildman–Crippen MR) is 98.4 cm³/mol. The standard InChI is InChI=1S/C15H10F2N2O.C3H9NS/c16-11-5-1-2-6-12(17)13(11)14(20)10-8-19-15-9(10)4-3-7-18-15;1-2-3-5-4/h1,3-8H,2H2,(H,18,19);2-4H2,1H3. The Kier molecular flexibility index (Phi) is 7.09. The van der Waals surface area contributed by atoms with Crippen LogP contribution in [-0.4, -0.2) is 21.5 Å². The highest BCUT2D eigenvalue weighted by Crippen LogP contribution is 2.28. The lowest BCUT2D eigenvalue weighted by atomic mass is 10.0. The topological polar surface area (TPSA) is 71.8 Å². The van der Waals surface area contributed by atoms with Crippen molar-refractivity contribution in [2.45, 2.75) is 19.8 Å². The van der Waals surface area contributed by atoms with Gasteiger partial charge in [0, 0.05) is 29.1 Å². The second-order valence-electron chi connectivity index (χ2n) is 5.21. The Bertz CT molecular complexity index is 838. The molecule has 0 unspecified atom stereocenters. The van der Waals surface area contributed by atoms with Crippen LogP contribution in [0.15, 0.2) is 60.0 Å². The SMILES string of the molecule is CCCSN.O=C(C1=C(F)C=CCC=C1F)c1c[nH]c2ncccc12. The van der Waals surface area contributed by atoms with E-state index in [9.17, 15) is 13.6 Å². The quantitative estimate of drug-likeness (QED) is 0.605. The molecule has 0 radical (unpaired) electrons. The molecule has 7 heteroatoms. The second kappa shape index (κ2) is 9.29. The number of nitrogens with two attached hydrogens (primary N) is 1. The molecular weight excluding hydrogens is 344 g/mol. The first-order valence-electron chi connectivity index (χ1n) is 7.81. The van der Waals surface area contributed by atoms with Crippen LogP contribution in [0.2, 0.25) is 0 Å². The van der Waals surface area contributed by atoms with Crippen LogP contribution in [0.3, 0.4) is 0 Å². The maximum absolute atomic E-state index is 13.9. The van der Waals surface area contributed by atoms with E-state index >= 15 is 0 Å². The fourth-order valence-corrected chi connectivity index (χ4v) is 2.49. The Hall–Kier alpha value is -2.25. The molecule has 0 aliphatic heterocycles. The fraction of sp³-hybridized carbons (Fsp3) is 0.222. The second-order valence-corrected chi connectivity index (χ2v) is 5.96. The van der Waals surface area contributed by atoms with Gasteiger partial charge in [-0.15, -0.1) is 0 Å². The van der Waals surface area contributed by atoms with Gasteiger partial charge in [-0.05, 0) is 37.1 Å². The molecule has 132 valence electrons. The Labute approximate surface area is 149 Å². The van der Waals surface area contributed by atoms with Crippen molar-refractivity contribution in [1.29, 1.82) is 0 Å². The maximum atomic E-state index is 13.9. The molecule has 1 aliphatic rings. The molecular formula is C18H19F2N3OS. The molecule has 0 saturated carbocycles. The molecule has 0 atom stereocenters. The van der Waals surface area contributed by atoms with E-state index in [1.807, 2.05) is 0 Å². The van der Waals surface area contributed by atoms with E-state index in [1.165, 1.54) is 36.7 Å². The number of carbonyl (C=O) groups is 1. The van der Waals surface area contributed by atoms with Gasteiger partial charge in [-0.2, -0.15) is 0 Å². The smallest absolute Gasteiger partial charge is 0.201 e. The first-order chi connectivity index (χ1) is 12.1. The summed E-state index contributed by atoms with van der Waals surface area (Å²) in [5, 5.41) is 5.60. The Morgan fingerprint density at radius 1 is 1.44 bits per heavy atom. The summed E-state index contributed by atoms with van der Waals surface area (Å²) in [4.78, 5) is 19.3. The molecule has 25 heavy (non-hydrogen) atoms. The molecule has 4 nitrogen and oxygen atoms in total. The van der Waals surface area contributed by atoms with E-state index in [0.29, 0.717) is 11.0 Å². The van der Waals surface area contributed by atoms with Crippen molar-refractivity contribution in [3.8, 4) is 0 Å². The van der Waals surface area contributed by atoms with Crippen LogP contribution in [0.25, 0.3) is 11.0 Å². The number of hydrogen-bond acceptors (Lipinski definition) is 4. The molecule has 0 saturated heterocycles. The van der Waals surface area contributed by atoms with Crippen molar-refractivity contribution < 1.29 is 13.6 Å². The van der Waals surface area contributed by atoms with Crippen LogP contribution in [0.4, 0.5) is 8.78 Å². The number of aromatic amines is 1. The Balaban J connectivity index is 0.000000399. The van der Waals surface area contributed by atoms with Crippen molar-refractivity contribution in [3.63, 3.8) is 0 Å². The summed E-state index contributed by atoms with van der Waals surface area (Å²) < 4.78 is 27.7. The highest BCUT2D eigenvalue weighted by molar-refractivity contribution is 7.97. The van der Waals surface area contributed by atoms with Crippen LogP contribution in [0, 0.1) is 0 Å². The number of ketones is 1. The number of rotatable bonds is 4. The third kappa shape index (κ3) is 4.64. The number of halogens is 2. The highest BCUT2D eigenvalue weighted by atomic mass is 32.2. The van der Waals surface area contributed by atoms with Crippen molar-refractivity contribution in [1.82, 2.24) is 9.97 Å². The van der Waals surface area contributed by atoms with Gasteiger partial charge in [0.1, 0.15) is 17.3 Å². The number of carbonyl (C=O) groups excluding carboxylic acids is 1. The molecule has 2 aromatic heterocycles. The van der Waals surface area contributed by atoms with Crippen LogP contribution in [0.5, 0.6) is 0 Å². The zero-order chi connectivity index (χ0) is 18.2. The molecule has 3 N–H and O–H groups in total. The number of aromatic nitrogens is 2. The van der Waals surface area contributed by atoms with E-state index in [0.717, 1.165) is 11.8 Å². The van der Waals surface area contributed by atoms with Gasteiger partial charge in [0.25, 0.3) is 0 Å². The third-order valence-electron chi connectivity index (χ3n) is 3.42. The number of H-pyrrole nitrogens is 1.